The minimum absolute atomic E-state index is 0.0174. The molecule has 2 N–H and O–H groups in total. The van der Waals surface area contributed by atoms with E-state index in [0.717, 1.165) is 51.3 Å². The van der Waals surface area contributed by atoms with Crippen molar-refractivity contribution < 1.29 is 18.7 Å². The van der Waals surface area contributed by atoms with Crippen molar-refractivity contribution in [1.82, 2.24) is 24.8 Å². The second-order valence-corrected chi connectivity index (χ2v) is 10.7. The SMILES string of the molecule is COCCOc1ccc(N2CCN(CCN3C(=O)N(C4CC4)N4C5=C(c6ccco6)N=CN(N)C5=NC34)CC2)cc1. The lowest BCUT2D eigenvalue weighted by Gasteiger charge is -2.36. The number of rotatable bonds is 10. The lowest BCUT2D eigenvalue weighted by Crippen LogP contribution is -2.49. The number of furan rings is 1. The van der Waals surface area contributed by atoms with E-state index in [2.05, 4.69) is 26.9 Å². The number of fused-ring (bicyclic) bond motifs is 3. The Kier molecular flexibility index (Phi) is 6.77. The van der Waals surface area contributed by atoms with E-state index in [1.165, 1.54) is 17.0 Å². The van der Waals surface area contributed by atoms with Crippen molar-refractivity contribution >= 4 is 29.6 Å². The van der Waals surface area contributed by atoms with E-state index >= 15 is 0 Å². The highest BCUT2D eigenvalue weighted by Gasteiger charge is 2.56. The number of nitrogens with two attached hydrogens (primary N) is 1. The van der Waals surface area contributed by atoms with Crippen LogP contribution in [0.2, 0.25) is 0 Å². The summed E-state index contributed by atoms with van der Waals surface area (Å²) in [6.45, 7) is 6.13. The molecule has 0 bridgehead atoms. The normalized spacial score (nSPS) is 22.6. The van der Waals surface area contributed by atoms with Crippen LogP contribution in [0.5, 0.6) is 5.75 Å². The third-order valence-corrected chi connectivity index (χ3v) is 8.06. The standard InChI is InChI=1S/C28H35N9O4/c1-39-17-18-40-22-8-6-20(7-9-22)33-13-10-32(11-14-33)12-15-34-27-31-26-25(37(27)36(28(34)38)21-4-5-21)24(30-19-35(26)29)23-3-2-16-41-23/h2-3,6-9,16,19,21,27H,4-5,10-15,17-18,29H2,1H3. The number of hydrogen-bond acceptors (Lipinski definition) is 11. The smallest absolute Gasteiger partial charge is 0.342 e. The largest absolute Gasteiger partial charge is 0.491 e. The molecule has 2 amide bonds. The maximum atomic E-state index is 13.7. The van der Waals surface area contributed by atoms with Gasteiger partial charge in [0.25, 0.3) is 0 Å². The van der Waals surface area contributed by atoms with Gasteiger partial charge in [-0.05, 0) is 49.2 Å². The Bertz CT molecular complexity index is 1350. The zero-order chi connectivity index (χ0) is 27.9. The molecule has 41 heavy (non-hydrogen) atoms. The van der Waals surface area contributed by atoms with Crippen molar-refractivity contribution in [3.63, 3.8) is 0 Å². The molecule has 1 aromatic carbocycles. The van der Waals surface area contributed by atoms with E-state index in [1.54, 1.807) is 13.4 Å². The minimum atomic E-state index is -0.489. The van der Waals surface area contributed by atoms with Crippen molar-refractivity contribution in [3.05, 3.63) is 54.1 Å². The molecule has 13 nitrogen and oxygen atoms in total. The lowest BCUT2D eigenvalue weighted by atomic mass is 10.2. The quantitative estimate of drug-likeness (QED) is 0.342. The summed E-state index contributed by atoms with van der Waals surface area (Å²) >= 11 is 0. The fourth-order valence-electron chi connectivity index (χ4n) is 5.76. The number of urea groups is 1. The number of anilines is 1. The van der Waals surface area contributed by atoms with Crippen LogP contribution in [0.15, 0.2) is 62.8 Å². The van der Waals surface area contributed by atoms with Crippen LogP contribution in [0.4, 0.5) is 10.5 Å². The molecule has 5 heterocycles. The second kappa shape index (κ2) is 10.7. The summed E-state index contributed by atoms with van der Waals surface area (Å²) in [5.41, 5.74) is 2.53. The first kappa shape index (κ1) is 25.9. The molecule has 1 unspecified atom stereocenters. The number of methoxy groups -OCH3 is 1. The first-order valence-corrected chi connectivity index (χ1v) is 14.1. The summed E-state index contributed by atoms with van der Waals surface area (Å²) in [6, 6.07) is 12.1. The van der Waals surface area contributed by atoms with Gasteiger partial charge in [0, 0.05) is 52.1 Å². The molecule has 7 rings (SSSR count). The van der Waals surface area contributed by atoms with Crippen molar-refractivity contribution in [3.8, 4) is 5.75 Å². The van der Waals surface area contributed by atoms with Crippen LogP contribution in [0.3, 0.4) is 0 Å². The summed E-state index contributed by atoms with van der Waals surface area (Å²) in [4.78, 5) is 29.9. The Hall–Kier alpha value is -4.07. The number of amides is 2. The Morgan fingerprint density at radius 1 is 1.02 bits per heavy atom. The highest BCUT2D eigenvalue weighted by atomic mass is 16.5. The van der Waals surface area contributed by atoms with Gasteiger partial charge < -0.3 is 18.8 Å². The zero-order valence-corrected chi connectivity index (χ0v) is 23.1. The first-order chi connectivity index (χ1) is 20.1. The number of aliphatic imine (C=N–C) groups is 2. The molecule has 3 fully saturated rings. The topological polar surface area (TPSA) is 119 Å². The van der Waals surface area contributed by atoms with Crippen LogP contribution in [0.1, 0.15) is 18.6 Å². The van der Waals surface area contributed by atoms with E-state index < -0.39 is 6.29 Å². The van der Waals surface area contributed by atoms with Gasteiger partial charge in [-0.3, -0.25) is 9.80 Å². The molecule has 1 saturated carbocycles. The Morgan fingerprint density at radius 3 is 2.54 bits per heavy atom. The van der Waals surface area contributed by atoms with Crippen LogP contribution >= 0.6 is 0 Å². The van der Waals surface area contributed by atoms with Gasteiger partial charge in [-0.2, -0.15) is 0 Å². The van der Waals surface area contributed by atoms with Crippen LogP contribution in [-0.4, -0.2) is 115 Å². The third-order valence-electron chi connectivity index (χ3n) is 8.06. The van der Waals surface area contributed by atoms with E-state index in [4.69, 9.17) is 24.7 Å². The third kappa shape index (κ3) is 4.79. The average Bonchev–Trinajstić information content (AvgIpc) is 3.41. The molecule has 13 heteroatoms. The molecule has 1 atom stereocenters. The van der Waals surface area contributed by atoms with Crippen molar-refractivity contribution in [1.29, 1.82) is 0 Å². The van der Waals surface area contributed by atoms with Crippen molar-refractivity contribution in [2.24, 2.45) is 15.8 Å². The molecule has 5 aliphatic rings. The summed E-state index contributed by atoms with van der Waals surface area (Å²) in [6.07, 6.45) is 4.61. The maximum absolute atomic E-state index is 13.7. The monoisotopic (exact) mass is 561 g/mol. The highest BCUT2D eigenvalue weighted by Crippen LogP contribution is 2.43. The molecule has 2 aromatic rings. The number of carbonyl (C=O) groups is 1. The van der Waals surface area contributed by atoms with E-state index in [9.17, 15) is 4.79 Å². The number of hydrogen-bond donors (Lipinski definition) is 1. The summed E-state index contributed by atoms with van der Waals surface area (Å²) in [5, 5.41) is 5.25. The number of piperazine rings is 1. The molecule has 0 spiro atoms. The molecular weight excluding hydrogens is 526 g/mol. The van der Waals surface area contributed by atoms with Crippen LogP contribution in [-0.2, 0) is 4.74 Å². The zero-order valence-electron chi connectivity index (χ0n) is 23.1. The Morgan fingerprint density at radius 2 is 1.83 bits per heavy atom. The first-order valence-electron chi connectivity index (χ1n) is 14.1. The van der Waals surface area contributed by atoms with Gasteiger partial charge in [0.15, 0.2) is 11.6 Å². The predicted octanol–water partition coefficient (Wildman–Crippen LogP) is 1.83. The Labute approximate surface area is 238 Å². The number of nitrogens with zero attached hydrogens (tertiary/aromatic N) is 8. The highest BCUT2D eigenvalue weighted by molar-refractivity contribution is 6.13. The average molecular weight is 562 g/mol. The van der Waals surface area contributed by atoms with Gasteiger partial charge in [0.05, 0.1) is 18.9 Å². The van der Waals surface area contributed by atoms with E-state index in [1.807, 2.05) is 39.2 Å². The molecule has 2 saturated heterocycles. The lowest BCUT2D eigenvalue weighted by molar-refractivity contribution is 0.0554. The number of ether oxygens (including phenoxy) is 2. The summed E-state index contributed by atoms with van der Waals surface area (Å²) < 4.78 is 16.4. The van der Waals surface area contributed by atoms with Gasteiger partial charge in [0.1, 0.15) is 30.1 Å². The summed E-state index contributed by atoms with van der Waals surface area (Å²) in [5.74, 6) is 8.31. The van der Waals surface area contributed by atoms with Crippen molar-refractivity contribution in [2.75, 3.05) is 64.5 Å². The maximum Gasteiger partial charge on any atom is 0.342 e. The fourth-order valence-corrected chi connectivity index (χ4v) is 5.76. The van der Waals surface area contributed by atoms with Crippen molar-refractivity contribution in [2.45, 2.75) is 25.2 Å². The predicted molar refractivity (Wildman–Crippen MR) is 153 cm³/mol. The Balaban J connectivity index is 1.01. The van der Waals surface area contributed by atoms with Crippen LogP contribution in [0.25, 0.3) is 5.70 Å². The van der Waals surface area contributed by atoms with E-state index in [0.29, 0.717) is 42.7 Å². The van der Waals surface area contributed by atoms with Crippen LogP contribution in [0, 0.1) is 0 Å². The summed E-state index contributed by atoms with van der Waals surface area (Å²) in [7, 11) is 1.67. The van der Waals surface area contributed by atoms with Gasteiger partial charge in [-0.1, -0.05) is 0 Å². The number of hydrazine groups is 2. The van der Waals surface area contributed by atoms with Crippen LogP contribution < -0.4 is 15.5 Å². The minimum Gasteiger partial charge on any atom is -0.491 e. The van der Waals surface area contributed by atoms with Gasteiger partial charge >= 0.3 is 6.03 Å². The van der Waals surface area contributed by atoms with E-state index in [-0.39, 0.29) is 12.1 Å². The van der Waals surface area contributed by atoms with Gasteiger partial charge in [0.2, 0.25) is 6.29 Å². The molecule has 216 valence electrons. The van der Waals surface area contributed by atoms with Gasteiger partial charge in [-0.15, -0.1) is 0 Å². The molecule has 4 aliphatic heterocycles. The second-order valence-electron chi connectivity index (χ2n) is 10.7. The number of carbonyl (C=O) groups excluding carboxylic acids is 1. The number of benzene rings is 1. The number of amidine groups is 1. The molecular formula is C28H35N9O4. The molecule has 0 radical (unpaired) electrons. The van der Waals surface area contributed by atoms with Gasteiger partial charge in [-0.25, -0.2) is 35.6 Å². The fraction of sp³-hybridized carbons (Fsp3) is 0.464. The molecule has 1 aromatic heterocycles. The molecule has 1 aliphatic carbocycles.